The van der Waals surface area contributed by atoms with E-state index in [-0.39, 0.29) is 24.2 Å². The Morgan fingerprint density at radius 1 is 1.23 bits per heavy atom. The maximum atomic E-state index is 12.9. The van der Waals surface area contributed by atoms with E-state index in [0.29, 0.717) is 24.2 Å². The summed E-state index contributed by atoms with van der Waals surface area (Å²) < 4.78 is 5.34. The molecule has 2 fully saturated rings. The molecule has 1 atom stereocenters. The fourth-order valence-corrected chi connectivity index (χ4v) is 4.54. The minimum Gasteiger partial charge on any atom is -0.339 e. The van der Waals surface area contributed by atoms with Gasteiger partial charge in [0.1, 0.15) is 0 Å². The second kappa shape index (κ2) is 7.36. The van der Waals surface area contributed by atoms with Gasteiger partial charge in [-0.05, 0) is 44.9 Å². The molecule has 1 saturated heterocycles. The van der Waals surface area contributed by atoms with Crippen LogP contribution in [0.3, 0.4) is 0 Å². The van der Waals surface area contributed by atoms with Crippen LogP contribution < -0.4 is 10.2 Å². The van der Waals surface area contributed by atoms with Crippen LogP contribution in [0.1, 0.15) is 41.5 Å². The van der Waals surface area contributed by atoms with Gasteiger partial charge in [0.2, 0.25) is 23.5 Å². The number of nitrogens with one attached hydrogen (secondary N) is 1. The number of amides is 2. The third kappa shape index (κ3) is 3.63. The molecule has 0 unspecified atom stereocenters. The Labute approximate surface area is 178 Å². The number of thiophene rings is 1. The average Bonchev–Trinajstić information content (AvgIpc) is 3.15. The van der Waals surface area contributed by atoms with Crippen molar-refractivity contribution in [3.8, 4) is 10.7 Å². The number of benzene rings is 1. The van der Waals surface area contributed by atoms with Crippen LogP contribution in [0.2, 0.25) is 0 Å². The van der Waals surface area contributed by atoms with E-state index >= 15 is 0 Å². The van der Waals surface area contributed by atoms with E-state index in [0.717, 1.165) is 39.5 Å². The zero-order valence-electron chi connectivity index (χ0n) is 16.8. The van der Waals surface area contributed by atoms with E-state index in [1.54, 1.807) is 4.90 Å². The molecular weight excluding hydrogens is 400 g/mol. The number of aryl methyl sites for hydroxylation is 2. The van der Waals surface area contributed by atoms with Gasteiger partial charge in [-0.1, -0.05) is 22.9 Å². The third-order valence-electron chi connectivity index (χ3n) is 5.61. The molecule has 0 radical (unpaired) electrons. The van der Waals surface area contributed by atoms with Crippen LogP contribution in [-0.4, -0.2) is 28.5 Å². The second-order valence-corrected chi connectivity index (χ2v) is 9.30. The molecule has 7 nitrogen and oxygen atoms in total. The highest BCUT2D eigenvalue weighted by Gasteiger charge is 2.35. The van der Waals surface area contributed by atoms with Crippen LogP contribution in [0.5, 0.6) is 0 Å². The molecule has 30 heavy (non-hydrogen) atoms. The summed E-state index contributed by atoms with van der Waals surface area (Å²) in [6.45, 7) is 4.34. The molecule has 1 aliphatic heterocycles. The van der Waals surface area contributed by atoms with Crippen LogP contribution in [0.4, 0.5) is 11.4 Å². The first-order valence-electron chi connectivity index (χ1n) is 10.1. The molecule has 0 spiro atoms. The zero-order valence-corrected chi connectivity index (χ0v) is 17.7. The number of rotatable bonds is 5. The highest BCUT2D eigenvalue weighted by Crippen LogP contribution is 2.40. The highest BCUT2D eigenvalue weighted by atomic mass is 32.1. The van der Waals surface area contributed by atoms with Crippen molar-refractivity contribution in [2.24, 2.45) is 5.92 Å². The number of aromatic nitrogens is 2. The number of hydrogen-bond donors (Lipinski definition) is 1. The summed E-state index contributed by atoms with van der Waals surface area (Å²) in [4.78, 5) is 33.3. The summed E-state index contributed by atoms with van der Waals surface area (Å²) in [5.74, 6) is 1.11. The number of nitrogens with zero attached hydrogens (tertiary/aromatic N) is 3. The fourth-order valence-electron chi connectivity index (χ4n) is 3.64. The minimum atomic E-state index is -0.381. The van der Waals surface area contributed by atoms with E-state index in [2.05, 4.69) is 15.5 Å². The Hall–Kier alpha value is -3.00. The lowest BCUT2D eigenvalue weighted by atomic mass is 10.1. The fraction of sp³-hybridized carbons (Fsp3) is 0.364. The Balaban J connectivity index is 1.28. The minimum absolute atomic E-state index is 0.0267. The number of hydrogen-bond acceptors (Lipinski definition) is 6. The summed E-state index contributed by atoms with van der Waals surface area (Å²) in [6, 6.07) is 9.67. The van der Waals surface area contributed by atoms with Crippen LogP contribution in [-0.2, 0) is 9.59 Å². The lowest BCUT2D eigenvalue weighted by molar-refractivity contribution is -0.122. The first-order chi connectivity index (χ1) is 14.5. The largest absolute Gasteiger partial charge is 0.339 e. The van der Waals surface area contributed by atoms with Crippen LogP contribution in [0.25, 0.3) is 10.7 Å². The lowest BCUT2D eigenvalue weighted by Gasteiger charge is -2.17. The zero-order chi connectivity index (χ0) is 20.8. The molecule has 1 N–H and O–H groups in total. The summed E-state index contributed by atoms with van der Waals surface area (Å²) in [5, 5.41) is 7.07. The molecule has 1 aliphatic carbocycles. The monoisotopic (exact) mass is 422 g/mol. The normalized spacial score (nSPS) is 18.8. The van der Waals surface area contributed by atoms with Crippen LogP contribution in [0, 0.1) is 19.8 Å². The van der Waals surface area contributed by atoms with E-state index < -0.39 is 0 Å². The van der Waals surface area contributed by atoms with Gasteiger partial charge in [-0.25, -0.2) is 0 Å². The molecule has 2 amide bonds. The van der Waals surface area contributed by atoms with Crippen molar-refractivity contribution in [1.82, 2.24) is 10.1 Å². The van der Waals surface area contributed by atoms with Gasteiger partial charge in [0, 0.05) is 29.4 Å². The van der Waals surface area contributed by atoms with E-state index in [1.807, 2.05) is 44.2 Å². The van der Waals surface area contributed by atoms with Crippen molar-refractivity contribution >= 4 is 34.5 Å². The van der Waals surface area contributed by atoms with Crippen LogP contribution in [0.15, 0.2) is 34.9 Å². The van der Waals surface area contributed by atoms with Gasteiger partial charge in [0.15, 0.2) is 0 Å². The Kier molecular flexibility index (Phi) is 4.66. The number of anilines is 2. The molecule has 3 heterocycles. The van der Waals surface area contributed by atoms with E-state index in [1.165, 1.54) is 11.3 Å². The topological polar surface area (TPSA) is 88.3 Å². The lowest BCUT2D eigenvalue weighted by Crippen LogP contribution is -2.28. The quantitative estimate of drug-likeness (QED) is 0.663. The molecule has 0 bridgehead atoms. The van der Waals surface area contributed by atoms with Crippen molar-refractivity contribution in [2.75, 3.05) is 16.8 Å². The predicted octanol–water partition coefficient (Wildman–Crippen LogP) is 4.28. The van der Waals surface area contributed by atoms with Gasteiger partial charge in [-0.2, -0.15) is 4.98 Å². The molecule has 154 valence electrons. The molecule has 1 aromatic carbocycles. The molecule has 5 rings (SSSR count). The summed E-state index contributed by atoms with van der Waals surface area (Å²) in [7, 11) is 0. The van der Waals surface area contributed by atoms with Crippen LogP contribution >= 0.6 is 11.3 Å². The van der Waals surface area contributed by atoms with E-state index in [9.17, 15) is 9.59 Å². The standard InChI is InChI=1S/C22H22N4O3S/c1-12-3-7-16(8-4-12)26-11-15(9-19(26)27)21(28)23-17-10-18(30-13(17)2)20-24-22(29-25-20)14-5-6-14/h3-4,7-8,10,14-15H,5-6,9,11H2,1-2H3,(H,23,28)/t15-/m1/s1. The Bertz CT molecular complexity index is 1110. The van der Waals surface area contributed by atoms with Crippen molar-refractivity contribution in [3.63, 3.8) is 0 Å². The smallest absolute Gasteiger partial charge is 0.230 e. The average molecular weight is 423 g/mol. The number of carbonyl (C=O) groups is 2. The van der Waals surface area contributed by atoms with E-state index in [4.69, 9.17) is 4.52 Å². The SMILES string of the molecule is Cc1ccc(N2C[C@H](C(=O)Nc3cc(-c4noc(C5CC5)n4)sc3C)CC2=O)cc1. The third-order valence-corrected chi connectivity index (χ3v) is 6.65. The van der Waals surface area contributed by atoms with Crippen molar-refractivity contribution in [3.05, 3.63) is 46.7 Å². The molecular formula is C22H22N4O3S. The maximum absolute atomic E-state index is 12.9. The molecule has 8 heteroatoms. The molecule has 1 saturated carbocycles. The van der Waals surface area contributed by atoms with Gasteiger partial charge in [0.25, 0.3) is 0 Å². The predicted molar refractivity (Wildman–Crippen MR) is 115 cm³/mol. The van der Waals surface area contributed by atoms with Gasteiger partial charge in [-0.15, -0.1) is 11.3 Å². The first kappa shape index (κ1) is 19.0. The molecule has 3 aromatic rings. The maximum Gasteiger partial charge on any atom is 0.230 e. The number of carbonyl (C=O) groups excluding carboxylic acids is 2. The Morgan fingerprint density at radius 3 is 2.73 bits per heavy atom. The Morgan fingerprint density at radius 2 is 2.00 bits per heavy atom. The van der Waals surface area contributed by atoms with Gasteiger partial charge >= 0.3 is 0 Å². The van der Waals surface area contributed by atoms with Gasteiger partial charge < -0.3 is 14.7 Å². The van der Waals surface area contributed by atoms with Gasteiger partial charge in [-0.3, -0.25) is 9.59 Å². The van der Waals surface area contributed by atoms with Crippen molar-refractivity contribution in [2.45, 2.75) is 39.0 Å². The summed E-state index contributed by atoms with van der Waals surface area (Å²) >= 11 is 1.52. The summed E-state index contributed by atoms with van der Waals surface area (Å²) in [6.07, 6.45) is 2.42. The second-order valence-electron chi connectivity index (χ2n) is 8.04. The van der Waals surface area contributed by atoms with Gasteiger partial charge in [0.05, 0.1) is 16.5 Å². The van der Waals surface area contributed by atoms with Crippen molar-refractivity contribution in [1.29, 1.82) is 0 Å². The highest BCUT2D eigenvalue weighted by molar-refractivity contribution is 7.16. The van der Waals surface area contributed by atoms with Crippen molar-refractivity contribution < 1.29 is 14.1 Å². The molecule has 2 aliphatic rings. The summed E-state index contributed by atoms with van der Waals surface area (Å²) in [5.41, 5.74) is 2.70. The first-order valence-corrected chi connectivity index (χ1v) is 10.9. The molecule has 2 aromatic heterocycles.